The van der Waals surface area contributed by atoms with Gasteiger partial charge in [0.05, 0.1) is 5.02 Å². The van der Waals surface area contributed by atoms with Gasteiger partial charge in [0.2, 0.25) is 5.95 Å². The molecule has 1 N–H and O–H groups in total. The number of pyridine rings is 1. The molecular formula is C13H10ClFN4. The number of benzene rings is 1. The summed E-state index contributed by atoms with van der Waals surface area (Å²) in [7, 11) is 0. The average Bonchev–Trinajstić information content (AvgIpc) is 2.78. The first kappa shape index (κ1) is 11.9. The van der Waals surface area contributed by atoms with E-state index in [2.05, 4.69) is 15.4 Å². The summed E-state index contributed by atoms with van der Waals surface area (Å²) >= 11 is 5.72. The number of anilines is 2. The lowest BCUT2D eigenvalue weighted by atomic mass is 10.3. The molecule has 0 radical (unpaired) electrons. The van der Waals surface area contributed by atoms with Gasteiger partial charge < -0.3 is 5.32 Å². The fourth-order valence-electron chi connectivity index (χ4n) is 1.79. The molecule has 0 spiro atoms. The van der Waals surface area contributed by atoms with E-state index in [0.717, 1.165) is 11.3 Å². The van der Waals surface area contributed by atoms with Crippen molar-refractivity contribution in [1.82, 2.24) is 14.6 Å². The highest BCUT2D eigenvalue weighted by molar-refractivity contribution is 6.31. The summed E-state index contributed by atoms with van der Waals surface area (Å²) in [6.45, 7) is 1.94. The highest BCUT2D eigenvalue weighted by Gasteiger charge is 2.06. The summed E-state index contributed by atoms with van der Waals surface area (Å²) in [5.74, 6) is -0.0111. The molecule has 0 saturated heterocycles. The summed E-state index contributed by atoms with van der Waals surface area (Å²) < 4.78 is 14.8. The van der Waals surface area contributed by atoms with E-state index < -0.39 is 5.82 Å². The van der Waals surface area contributed by atoms with E-state index in [1.165, 1.54) is 12.1 Å². The first-order valence-electron chi connectivity index (χ1n) is 5.68. The number of hydrogen-bond acceptors (Lipinski definition) is 3. The maximum absolute atomic E-state index is 13.1. The second kappa shape index (κ2) is 4.51. The second-order valence-electron chi connectivity index (χ2n) is 4.13. The molecule has 0 amide bonds. The molecule has 4 nitrogen and oxygen atoms in total. The second-order valence-corrected chi connectivity index (χ2v) is 4.53. The monoisotopic (exact) mass is 276 g/mol. The number of fused-ring (bicyclic) bond motifs is 1. The Morgan fingerprint density at radius 1 is 1.26 bits per heavy atom. The molecule has 0 bridgehead atoms. The fraction of sp³-hybridized carbons (Fsp3) is 0.0769. The third-order valence-electron chi connectivity index (χ3n) is 2.72. The van der Waals surface area contributed by atoms with Crippen LogP contribution in [0.5, 0.6) is 0 Å². The fourth-order valence-corrected chi connectivity index (χ4v) is 1.97. The van der Waals surface area contributed by atoms with E-state index in [0.29, 0.717) is 11.6 Å². The molecule has 0 aliphatic carbocycles. The lowest BCUT2D eigenvalue weighted by Gasteiger charge is -2.02. The van der Waals surface area contributed by atoms with Gasteiger partial charge in [0, 0.05) is 11.4 Å². The number of aryl methyl sites for hydroxylation is 1. The van der Waals surface area contributed by atoms with Crippen molar-refractivity contribution in [3.8, 4) is 0 Å². The number of rotatable bonds is 2. The maximum Gasteiger partial charge on any atom is 0.247 e. The van der Waals surface area contributed by atoms with Gasteiger partial charge in [-0.25, -0.2) is 8.91 Å². The molecule has 19 heavy (non-hydrogen) atoms. The normalized spacial score (nSPS) is 10.9. The van der Waals surface area contributed by atoms with Crippen LogP contribution in [0.15, 0.2) is 36.4 Å². The van der Waals surface area contributed by atoms with Gasteiger partial charge in [-0.1, -0.05) is 17.7 Å². The zero-order valence-corrected chi connectivity index (χ0v) is 10.8. The van der Waals surface area contributed by atoms with Crippen LogP contribution in [0.25, 0.3) is 5.65 Å². The molecule has 2 aromatic heterocycles. The highest BCUT2D eigenvalue weighted by Crippen LogP contribution is 2.21. The van der Waals surface area contributed by atoms with Crippen LogP contribution < -0.4 is 5.32 Å². The first-order chi connectivity index (χ1) is 9.13. The van der Waals surface area contributed by atoms with Crippen molar-refractivity contribution in [2.75, 3.05) is 5.32 Å². The van der Waals surface area contributed by atoms with Crippen molar-refractivity contribution in [2.45, 2.75) is 6.92 Å². The Balaban J connectivity index is 1.96. The summed E-state index contributed by atoms with van der Waals surface area (Å²) in [5.41, 5.74) is 2.37. The predicted octanol–water partition coefficient (Wildman–Crippen LogP) is 3.57. The van der Waals surface area contributed by atoms with Crippen molar-refractivity contribution in [3.63, 3.8) is 0 Å². The Morgan fingerprint density at radius 3 is 2.84 bits per heavy atom. The minimum Gasteiger partial charge on any atom is -0.323 e. The van der Waals surface area contributed by atoms with Crippen LogP contribution in [0.2, 0.25) is 5.02 Å². The quantitative estimate of drug-likeness (QED) is 0.778. The Morgan fingerprint density at radius 2 is 2.11 bits per heavy atom. The Bertz CT molecular complexity index is 753. The topological polar surface area (TPSA) is 42.2 Å². The molecule has 0 atom stereocenters. The van der Waals surface area contributed by atoms with Crippen LogP contribution in [0.4, 0.5) is 16.0 Å². The zero-order chi connectivity index (χ0) is 13.4. The van der Waals surface area contributed by atoms with Gasteiger partial charge in [0.1, 0.15) is 5.82 Å². The van der Waals surface area contributed by atoms with Crippen molar-refractivity contribution < 1.29 is 4.39 Å². The Labute approximate surface area is 113 Å². The van der Waals surface area contributed by atoms with Crippen LogP contribution in [-0.2, 0) is 0 Å². The van der Waals surface area contributed by atoms with Crippen molar-refractivity contribution in [1.29, 1.82) is 0 Å². The molecular weight excluding hydrogens is 267 g/mol. The van der Waals surface area contributed by atoms with Crippen molar-refractivity contribution >= 4 is 28.9 Å². The molecule has 0 fully saturated rings. The van der Waals surface area contributed by atoms with Gasteiger partial charge >= 0.3 is 0 Å². The number of nitrogens with zero attached hydrogens (tertiary/aromatic N) is 3. The summed E-state index contributed by atoms with van der Waals surface area (Å²) in [6, 6.07) is 10.1. The Hall–Kier alpha value is -2.14. The standard InChI is InChI=1S/C13H10ClFN4/c1-8-3-2-4-12-17-13(18-19(8)12)16-9-5-6-11(15)10(14)7-9/h2-7H,1H3,(H,16,18). The van der Waals surface area contributed by atoms with Crippen LogP contribution in [-0.4, -0.2) is 14.6 Å². The van der Waals surface area contributed by atoms with E-state index in [9.17, 15) is 4.39 Å². The summed E-state index contributed by atoms with van der Waals surface area (Å²) in [5, 5.41) is 7.37. The lowest BCUT2D eigenvalue weighted by Crippen LogP contribution is -1.95. The first-order valence-corrected chi connectivity index (χ1v) is 6.06. The lowest BCUT2D eigenvalue weighted by molar-refractivity contribution is 0.628. The number of hydrogen-bond donors (Lipinski definition) is 1. The maximum atomic E-state index is 13.1. The molecule has 3 rings (SSSR count). The molecule has 0 unspecified atom stereocenters. The summed E-state index contributed by atoms with van der Waals surface area (Å²) in [6.07, 6.45) is 0. The molecule has 0 saturated carbocycles. The molecule has 1 aromatic carbocycles. The Kier molecular flexibility index (Phi) is 2.83. The average molecular weight is 277 g/mol. The molecule has 0 aliphatic rings. The third kappa shape index (κ3) is 2.24. The van der Waals surface area contributed by atoms with Gasteiger partial charge in [-0.2, -0.15) is 4.98 Å². The number of aromatic nitrogens is 3. The van der Waals surface area contributed by atoms with Gasteiger partial charge in [0.25, 0.3) is 0 Å². The molecule has 2 heterocycles. The van der Waals surface area contributed by atoms with Crippen LogP contribution in [0, 0.1) is 12.7 Å². The number of nitrogens with one attached hydrogen (secondary N) is 1. The van der Waals surface area contributed by atoms with E-state index in [-0.39, 0.29) is 5.02 Å². The third-order valence-corrected chi connectivity index (χ3v) is 3.01. The van der Waals surface area contributed by atoms with Crippen LogP contribution in [0.1, 0.15) is 5.69 Å². The molecule has 0 aliphatic heterocycles. The predicted molar refractivity (Wildman–Crippen MR) is 72.4 cm³/mol. The van der Waals surface area contributed by atoms with Crippen molar-refractivity contribution in [3.05, 3.63) is 52.9 Å². The van der Waals surface area contributed by atoms with E-state index in [1.807, 2.05) is 25.1 Å². The highest BCUT2D eigenvalue weighted by atomic mass is 35.5. The SMILES string of the molecule is Cc1cccc2nc(Nc3ccc(F)c(Cl)c3)nn12. The van der Waals surface area contributed by atoms with Gasteiger partial charge in [-0.3, -0.25) is 0 Å². The van der Waals surface area contributed by atoms with E-state index in [4.69, 9.17) is 11.6 Å². The molecule has 6 heteroatoms. The summed E-state index contributed by atoms with van der Waals surface area (Å²) in [4.78, 5) is 4.32. The van der Waals surface area contributed by atoms with Gasteiger partial charge in [0.15, 0.2) is 5.65 Å². The molecule has 96 valence electrons. The molecule has 3 aromatic rings. The number of halogens is 2. The van der Waals surface area contributed by atoms with Crippen molar-refractivity contribution in [2.24, 2.45) is 0 Å². The van der Waals surface area contributed by atoms with Gasteiger partial charge in [-0.15, -0.1) is 5.10 Å². The zero-order valence-electron chi connectivity index (χ0n) is 10.1. The minimum atomic E-state index is -0.453. The smallest absolute Gasteiger partial charge is 0.247 e. The van der Waals surface area contributed by atoms with E-state index in [1.54, 1.807) is 10.6 Å². The van der Waals surface area contributed by atoms with Gasteiger partial charge in [-0.05, 0) is 37.3 Å². The van der Waals surface area contributed by atoms with Crippen LogP contribution in [0.3, 0.4) is 0 Å². The van der Waals surface area contributed by atoms with Crippen LogP contribution >= 0.6 is 11.6 Å². The van der Waals surface area contributed by atoms with E-state index >= 15 is 0 Å². The largest absolute Gasteiger partial charge is 0.323 e. The minimum absolute atomic E-state index is 0.0601.